The number of carbonyl (C=O) groups excluding carboxylic acids is 1. The highest BCUT2D eigenvalue weighted by Crippen LogP contribution is 2.39. The number of carbonyl (C=O) groups is 1. The van der Waals surface area contributed by atoms with Gasteiger partial charge in [0.1, 0.15) is 5.75 Å². The number of rotatable bonds is 4. The third-order valence-electron chi connectivity index (χ3n) is 3.88. The molecule has 0 radical (unpaired) electrons. The first-order valence-corrected chi connectivity index (χ1v) is 8.48. The number of phenolic OH excluding ortho intramolecular Hbond substituents is 1. The molecule has 130 valence electrons. The Labute approximate surface area is 141 Å². The van der Waals surface area contributed by atoms with Crippen molar-refractivity contribution in [3.63, 3.8) is 0 Å². The average Bonchev–Trinajstić information content (AvgIpc) is 2.33. The summed E-state index contributed by atoms with van der Waals surface area (Å²) in [6, 6.07) is 4.26. The van der Waals surface area contributed by atoms with E-state index in [1.54, 1.807) is 0 Å². The molecule has 1 amide bonds. The van der Waals surface area contributed by atoms with Crippen molar-refractivity contribution < 1.29 is 9.90 Å². The van der Waals surface area contributed by atoms with Crippen molar-refractivity contribution in [3.05, 3.63) is 28.8 Å². The lowest BCUT2D eigenvalue weighted by atomic mass is 9.78. The summed E-state index contributed by atoms with van der Waals surface area (Å²) in [5, 5.41) is 13.6. The van der Waals surface area contributed by atoms with Gasteiger partial charge in [0.05, 0.1) is 0 Å². The fourth-order valence-electron chi connectivity index (χ4n) is 2.63. The quantitative estimate of drug-likeness (QED) is 0.861. The molecule has 0 heterocycles. The van der Waals surface area contributed by atoms with E-state index in [1.165, 1.54) is 0 Å². The molecular weight excluding hydrogens is 286 g/mol. The maximum Gasteiger partial charge on any atom is 0.220 e. The third kappa shape index (κ3) is 5.56. The molecule has 0 unspecified atom stereocenters. The van der Waals surface area contributed by atoms with Crippen LogP contribution in [0.2, 0.25) is 0 Å². The smallest absolute Gasteiger partial charge is 0.220 e. The van der Waals surface area contributed by atoms with Gasteiger partial charge in [-0.15, -0.1) is 0 Å². The van der Waals surface area contributed by atoms with Crippen molar-refractivity contribution in [3.8, 4) is 5.75 Å². The lowest BCUT2D eigenvalue weighted by Crippen LogP contribution is -2.30. The van der Waals surface area contributed by atoms with Gasteiger partial charge >= 0.3 is 0 Å². The number of hydrogen-bond acceptors (Lipinski definition) is 2. The minimum Gasteiger partial charge on any atom is -0.507 e. The number of aromatic hydroxyl groups is 1. The zero-order valence-electron chi connectivity index (χ0n) is 16.0. The van der Waals surface area contributed by atoms with Crippen LogP contribution in [0.5, 0.6) is 5.75 Å². The molecule has 0 spiro atoms. The van der Waals surface area contributed by atoms with Gasteiger partial charge < -0.3 is 10.4 Å². The molecule has 0 atom stereocenters. The molecule has 0 saturated carbocycles. The van der Waals surface area contributed by atoms with Crippen molar-refractivity contribution in [2.24, 2.45) is 0 Å². The maximum absolute atomic E-state index is 11.9. The summed E-state index contributed by atoms with van der Waals surface area (Å²) in [4.78, 5) is 11.9. The van der Waals surface area contributed by atoms with Gasteiger partial charge in [0.25, 0.3) is 0 Å². The second-order valence-corrected chi connectivity index (χ2v) is 8.76. The van der Waals surface area contributed by atoms with E-state index in [-0.39, 0.29) is 22.8 Å². The molecule has 2 N–H and O–H groups in total. The molecule has 0 bridgehead atoms. The zero-order valence-corrected chi connectivity index (χ0v) is 16.0. The van der Waals surface area contributed by atoms with E-state index >= 15 is 0 Å². The summed E-state index contributed by atoms with van der Waals surface area (Å²) in [6.45, 7) is 16.5. The van der Waals surface area contributed by atoms with Gasteiger partial charge in [0, 0.05) is 12.5 Å². The van der Waals surface area contributed by atoms with Crippen molar-refractivity contribution in [2.45, 2.75) is 85.1 Å². The Bertz CT molecular complexity index is 525. The van der Waals surface area contributed by atoms with Gasteiger partial charge in [0.15, 0.2) is 0 Å². The summed E-state index contributed by atoms with van der Waals surface area (Å²) in [5.41, 5.74) is 2.73. The molecule has 0 aromatic heterocycles. The van der Waals surface area contributed by atoms with E-state index in [0.29, 0.717) is 18.6 Å². The van der Waals surface area contributed by atoms with Crippen LogP contribution in [0.15, 0.2) is 12.1 Å². The predicted octanol–water partition coefficient (Wildman–Crippen LogP) is 4.44. The number of amides is 1. The van der Waals surface area contributed by atoms with Gasteiger partial charge in [-0.3, -0.25) is 4.79 Å². The van der Waals surface area contributed by atoms with E-state index < -0.39 is 0 Å². The van der Waals surface area contributed by atoms with Crippen molar-refractivity contribution in [1.82, 2.24) is 5.32 Å². The second-order valence-electron chi connectivity index (χ2n) is 8.76. The normalized spacial score (nSPS) is 12.6. The molecule has 23 heavy (non-hydrogen) atoms. The van der Waals surface area contributed by atoms with Gasteiger partial charge in [-0.2, -0.15) is 0 Å². The lowest BCUT2D eigenvalue weighted by molar-refractivity contribution is -0.121. The lowest BCUT2D eigenvalue weighted by Gasteiger charge is -2.28. The first-order valence-electron chi connectivity index (χ1n) is 8.48. The molecule has 0 fully saturated rings. The summed E-state index contributed by atoms with van der Waals surface area (Å²) in [5.74, 6) is 0.461. The number of benzene rings is 1. The van der Waals surface area contributed by atoms with E-state index in [2.05, 4.69) is 46.9 Å². The van der Waals surface area contributed by atoms with Crippen molar-refractivity contribution in [2.75, 3.05) is 0 Å². The Morgan fingerprint density at radius 2 is 1.48 bits per heavy atom. The molecule has 1 rings (SSSR count). The second kappa shape index (κ2) is 6.94. The minimum absolute atomic E-state index is 0.0719. The topological polar surface area (TPSA) is 49.3 Å². The highest BCUT2D eigenvalue weighted by atomic mass is 16.3. The molecule has 0 aliphatic heterocycles. The Morgan fingerprint density at radius 1 is 1.04 bits per heavy atom. The van der Waals surface area contributed by atoms with E-state index in [4.69, 9.17) is 0 Å². The summed E-state index contributed by atoms with van der Waals surface area (Å²) in [6.07, 6.45) is 1.15. The monoisotopic (exact) mass is 319 g/mol. The fraction of sp³-hybridized carbons (Fsp3) is 0.650. The van der Waals surface area contributed by atoms with Gasteiger partial charge in [-0.25, -0.2) is 0 Å². The first kappa shape index (κ1) is 19.5. The molecular formula is C20H33NO2. The highest BCUT2D eigenvalue weighted by molar-refractivity contribution is 5.76. The molecule has 0 aliphatic rings. The largest absolute Gasteiger partial charge is 0.507 e. The number of aryl methyl sites for hydroxylation is 1. The van der Waals surface area contributed by atoms with Crippen molar-refractivity contribution >= 4 is 5.91 Å². The average molecular weight is 319 g/mol. The molecule has 3 heteroatoms. The number of phenols is 1. The van der Waals surface area contributed by atoms with Crippen LogP contribution in [0.4, 0.5) is 0 Å². The maximum atomic E-state index is 11.9. The van der Waals surface area contributed by atoms with Gasteiger partial charge in [-0.1, -0.05) is 53.7 Å². The predicted molar refractivity (Wildman–Crippen MR) is 97.1 cm³/mol. The molecule has 1 aromatic carbocycles. The van der Waals surface area contributed by atoms with E-state index in [0.717, 1.165) is 16.7 Å². The van der Waals surface area contributed by atoms with E-state index in [1.807, 2.05) is 26.0 Å². The van der Waals surface area contributed by atoms with Crippen LogP contribution in [-0.4, -0.2) is 17.1 Å². The minimum atomic E-state index is -0.139. The Balaban J connectivity index is 3.16. The van der Waals surface area contributed by atoms with Crippen molar-refractivity contribution in [1.29, 1.82) is 0 Å². The van der Waals surface area contributed by atoms with Crippen LogP contribution in [0, 0.1) is 0 Å². The summed E-state index contributed by atoms with van der Waals surface area (Å²) >= 11 is 0. The standard InChI is InChI=1S/C20H33NO2/c1-13(2)21-17(22)10-9-14-11-15(19(3,4)5)18(23)16(12-14)20(6,7)8/h11-13,23H,9-10H2,1-8H3,(H,21,22). The zero-order chi connectivity index (χ0) is 18.0. The van der Waals surface area contributed by atoms with Crippen LogP contribution in [-0.2, 0) is 22.0 Å². The van der Waals surface area contributed by atoms with Gasteiger partial charge in [0.2, 0.25) is 5.91 Å². The number of nitrogens with one attached hydrogen (secondary N) is 1. The molecule has 1 aromatic rings. The first-order chi connectivity index (χ1) is 10.3. The van der Waals surface area contributed by atoms with Gasteiger partial charge in [-0.05, 0) is 47.8 Å². The Hall–Kier alpha value is -1.51. The summed E-state index contributed by atoms with van der Waals surface area (Å²) in [7, 11) is 0. The third-order valence-corrected chi connectivity index (χ3v) is 3.88. The Kier molecular flexibility index (Phi) is 5.89. The molecule has 0 saturated heterocycles. The SMILES string of the molecule is CC(C)NC(=O)CCc1cc(C(C)(C)C)c(O)c(C(C)(C)C)c1. The van der Waals surface area contributed by atoms with Crippen LogP contribution in [0.25, 0.3) is 0 Å². The Morgan fingerprint density at radius 3 is 1.83 bits per heavy atom. The highest BCUT2D eigenvalue weighted by Gasteiger charge is 2.26. The van der Waals surface area contributed by atoms with Crippen LogP contribution in [0.3, 0.4) is 0 Å². The van der Waals surface area contributed by atoms with Crippen LogP contribution < -0.4 is 5.32 Å². The van der Waals surface area contributed by atoms with E-state index in [9.17, 15) is 9.90 Å². The fourth-order valence-corrected chi connectivity index (χ4v) is 2.63. The van der Waals surface area contributed by atoms with Crippen LogP contribution in [0.1, 0.15) is 78.5 Å². The van der Waals surface area contributed by atoms with Crippen LogP contribution >= 0.6 is 0 Å². The molecule has 3 nitrogen and oxygen atoms in total. The summed E-state index contributed by atoms with van der Waals surface area (Å²) < 4.78 is 0. The number of hydrogen-bond donors (Lipinski definition) is 2. The molecule has 0 aliphatic carbocycles.